The van der Waals surface area contributed by atoms with E-state index in [4.69, 9.17) is 17.8 Å². The van der Waals surface area contributed by atoms with E-state index in [1.807, 2.05) is 20.8 Å². The van der Waals surface area contributed by atoms with Crippen LogP contribution in [0.2, 0.25) is 5.54 Å². The Morgan fingerprint density at radius 1 is 0.870 bits per heavy atom. The van der Waals surface area contributed by atoms with Gasteiger partial charge in [-0.15, -0.1) is 0 Å². The Balaban J connectivity index is 5.09. The van der Waals surface area contributed by atoms with Crippen LogP contribution >= 0.6 is 0 Å². The third-order valence-electron chi connectivity index (χ3n) is 3.65. The monoisotopic (exact) mass is 370 g/mol. The lowest BCUT2D eigenvalue weighted by Gasteiger charge is -2.35. The first-order valence-corrected chi connectivity index (χ1v) is 12.1. The quantitative estimate of drug-likeness (QED) is 0.269. The van der Waals surface area contributed by atoms with Crippen molar-refractivity contribution in [2.24, 2.45) is 0 Å². The van der Waals surface area contributed by atoms with E-state index in [1.165, 1.54) is 0 Å². The van der Waals surface area contributed by atoms with Crippen LogP contribution in [-0.4, -0.2) is 47.3 Å². The normalized spacial score (nSPS) is 14.1. The molecule has 0 rings (SSSR count). The summed E-state index contributed by atoms with van der Waals surface area (Å²) in [5, 5.41) is 0. The average Bonchev–Trinajstić information content (AvgIpc) is 2.45. The minimum atomic E-state index is -3.93. The molecular weight excluding hydrogens is 336 g/mol. The highest BCUT2D eigenvalue weighted by molar-refractivity contribution is 7.85. The van der Waals surface area contributed by atoms with Crippen molar-refractivity contribution in [2.45, 2.75) is 71.8 Å². The van der Waals surface area contributed by atoms with E-state index in [1.54, 1.807) is 0 Å². The molecule has 0 fully saturated rings. The second kappa shape index (κ2) is 12.4. The van der Waals surface area contributed by atoms with E-state index in [9.17, 15) is 8.42 Å². The molecule has 140 valence electrons. The van der Waals surface area contributed by atoms with E-state index in [2.05, 4.69) is 6.92 Å². The van der Waals surface area contributed by atoms with Crippen LogP contribution < -0.4 is 0 Å². The molecular formula is C15H34O6SSi. The van der Waals surface area contributed by atoms with E-state index in [0.717, 1.165) is 25.7 Å². The topological polar surface area (TPSA) is 82.1 Å². The van der Waals surface area contributed by atoms with Crippen LogP contribution in [0.25, 0.3) is 0 Å². The second-order valence-corrected chi connectivity index (χ2v) is 9.99. The summed E-state index contributed by atoms with van der Waals surface area (Å²) in [7, 11) is -6.78. The predicted octanol–water partition coefficient (Wildman–Crippen LogP) is 3.65. The molecule has 0 aromatic heterocycles. The third-order valence-corrected chi connectivity index (χ3v) is 8.10. The zero-order valence-electron chi connectivity index (χ0n) is 15.0. The van der Waals surface area contributed by atoms with Crippen molar-refractivity contribution < 1.29 is 26.2 Å². The molecule has 0 aliphatic rings. The smallest absolute Gasteiger partial charge is 0.374 e. The molecule has 0 aliphatic carbocycles. The first-order chi connectivity index (χ1) is 10.8. The van der Waals surface area contributed by atoms with Gasteiger partial charge in [0.25, 0.3) is 10.1 Å². The molecule has 23 heavy (non-hydrogen) atoms. The molecule has 0 saturated carbocycles. The second-order valence-electron chi connectivity index (χ2n) is 5.52. The lowest BCUT2D eigenvalue weighted by Crippen LogP contribution is -2.50. The van der Waals surface area contributed by atoms with Gasteiger partial charge >= 0.3 is 8.80 Å². The van der Waals surface area contributed by atoms with Gasteiger partial charge in [0.05, 0.1) is 5.75 Å². The molecule has 0 spiro atoms. The maximum absolute atomic E-state index is 11.0. The maximum Gasteiger partial charge on any atom is 0.504 e. The number of rotatable bonds is 15. The van der Waals surface area contributed by atoms with E-state index in [-0.39, 0.29) is 11.3 Å². The predicted molar refractivity (Wildman–Crippen MR) is 94.2 cm³/mol. The van der Waals surface area contributed by atoms with Crippen molar-refractivity contribution in [1.29, 1.82) is 0 Å². The number of hydrogen-bond acceptors (Lipinski definition) is 5. The van der Waals surface area contributed by atoms with Crippen LogP contribution in [0, 0.1) is 0 Å². The van der Waals surface area contributed by atoms with Crippen LogP contribution in [0.4, 0.5) is 0 Å². The summed E-state index contributed by atoms with van der Waals surface area (Å²) in [4.78, 5) is 0. The fourth-order valence-electron chi connectivity index (χ4n) is 2.73. The highest BCUT2D eigenvalue weighted by atomic mass is 32.2. The van der Waals surface area contributed by atoms with Gasteiger partial charge in [-0.2, -0.15) is 8.42 Å². The zero-order valence-corrected chi connectivity index (χ0v) is 16.9. The van der Waals surface area contributed by atoms with Crippen LogP contribution in [0.15, 0.2) is 0 Å². The molecule has 6 nitrogen and oxygen atoms in total. The van der Waals surface area contributed by atoms with Crippen LogP contribution in [0.5, 0.6) is 0 Å². The number of hydrogen-bond donors (Lipinski definition) is 1. The van der Waals surface area contributed by atoms with Gasteiger partial charge in [0.15, 0.2) is 0 Å². The van der Waals surface area contributed by atoms with Crippen molar-refractivity contribution in [3.8, 4) is 0 Å². The van der Waals surface area contributed by atoms with E-state index < -0.39 is 18.9 Å². The van der Waals surface area contributed by atoms with Crippen molar-refractivity contribution >= 4 is 18.9 Å². The van der Waals surface area contributed by atoms with Gasteiger partial charge in [0, 0.05) is 25.4 Å². The first kappa shape index (κ1) is 23.0. The minimum absolute atomic E-state index is 0.0654. The van der Waals surface area contributed by atoms with Crippen molar-refractivity contribution in [3.05, 3.63) is 0 Å². The maximum atomic E-state index is 11.0. The van der Waals surface area contributed by atoms with Gasteiger partial charge in [-0.05, 0) is 40.0 Å². The van der Waals surface area contributed by atoms with E-state index in [0.29, 0.717) is 32.7 Å². The molecule has 0 aromatic carbocycles. The lowest BCUT2D eigenvalue weighted by molar-refractivity contribution is 0.0582. The lowest BCUT2D eigenvalue weighted by atomic mass is 10.1. The zero-order chi connectivity index (χ0) is 17.8. The number of unbranched alkanes of at least 4 members (excludes halogenated alkanes) is 2. The van der Waals surface area contributed by atoms with Crippen LogP contribution in [0.3, 0.4) is 0 Å². The summed E-state index contributed by atoms with van der Waals surface area (Å²) in [6.07, 6.45) is 5.17. The summed E-state index contributed by atoms with van der Waals surface area (Å²) < 4.78 is 48.8. The Bertz CT molecular complexity index is 370. The standard InChI is InChI=1S/C15H34O6SSi/c1-5-9-10-12-15(13-11-14-22(16,17)18)23(19-6-2,20-7-3)21-8-4/h15H,5-14H2,1-4H3,(H,16,17,18). The van der Waals surface area contributed by atoms with Crippen molar-refractivity contribution in [3.63, 3.8) is 0 Å². The average molecular weight is 371 g/mol. The summed E-state index contributed by atoms with van der Waals surface area (Å²) in [6, 6.07) is 0. The Kier molecular flexibility index (Phi) is 12.4. The van der Waals surface area contributed by atoms with Crippen LogP contribution in [-0.2, 0) is 23.4 Å². The molecule has 0 radical (unpaired) electrons. The third kappa shape index (κ3) is 9.78. The van der Waals surface area contributed by atoms with Crippen LogP contribution in [0.1, 0.15) is 66.2 Å². The summed E-state index contributed by atoms with van der Waals surface area (Å²) in [5.41, 5.74) is 0.0654. The molecule has 0 aliphatic heterocycles. The van der Waals surface area contributed by atoms with Crippen molar-refractivity contribution in [1.82, 2.24) is 0 Å². The highest BCUT2D eigenvalue weighted by Gasteiger charge is 2.48. The Morgan fingerprint density at radius 2 is 1.35 bits per heavy atom. The SMILES string of the molecule is CCCCCC(CCCS(=O)(=O)O)[Si](OCC)(OCC)OCC. The van der Waals surface area contributed by atoms with Gasteiger partial charge < -0.3 is 13.3 Å². The van der Waals surface area contributed by atoms with E-state index >= 15 is 0 Å². The highest BCUT2D eigenvalue weighted by Crippen LogP contribution is 2.35. The Morgan fingerprint density at radius 3 is 1.74 bits per heavy atom. The molecule has 0 aromatic rings. The molecule has 1 atom stereocenters. The summed E-state index contributed by atoms with van der Waals surface area (Å²) in [6.45, 7) is 9.42. The molecule has 0 heterocycles. The molecule has 1 N–H and O–H groups in total. The molecule has 8 heteroatoms. The molecule has 0 bridgehead atoms. The van der Waals surface area contributed by atoms with Crippen molar-refractivity contribution in [2.75, 3.05) is 25.6 Å². The van der Waals surface area contributed by atoms with Gasteiger partial charge in [-0.1, -0.05) is 26.2 Å². The Hall–Kier alpha value is 0.00688. The van der Waals surface area contributed by atoms with Gasteiger partial charge in [0.1, 0.15) is 0 Å². The van der Waals surface area contributed by atoms with Gasteiger partial charge in [-0.3, -0.25) is 4.55 Å². The Labute approximate surface area is 143 Å². The molecule has 0 amide bonds. The van der Waals surface area contributed by atoms with Gasteiger partial charge in [-0.25, -0.2) is 0 Å². The summed E-state index contributed by atoms with van der Waals surface area (Å²) in [5.74, 6) is -0.230. The summed E-state index contributed by atoms with van der Waals surface area (Å²) >= 11 is 0. The molecule has 1 unspecified atom stereocenters. The molecule has 0 saturated heterocycles. The minimum Gasteiger partial charge on any atom is -0.374 e. The largest absolute Gasteiger partial charge is 0.504 e. The van der Waals surface area contributed by atoms with Gasteiger partial charge in [0.2, 0.25) is 0 Å². The fourth-order valence-corrected chi connectivity index (χ4v) is 6.54. The fraction of sp³-hybridized carbons (Fsp3) is 1.00. The first-order valence-electron chi connectivity index (χ1n) is 8.72.